The Balaban J connectivity index is 2.58. The molecule has 1 aromatic carbocycles. The Morgan fingerprint density at radius 1 is 1.24 bits per heavy atom. The summed E-state index contributed by atoms with van der Waals surface area (Å²) in [6, 6.07) is 7.63. The van der Waals surface area contributed by atoms with Crippen LogP contribution < -0.4 is 0 Å². The van der Waals surface area contributed by atoms with Crippen LogP contribution in [0.25, 0.3) is 0 Å². The van der Waals surface area contributed by atoms with Crippen molar-refractivity contribution in [2.24, 2.45) is 5.92 Å². The smallest absolute Gasteiger partial charge is 0.338 e. The van der Waals surface area contributed by atoms with Crippen LogP contribution >= 0.6 is 0 Å². The minimum Gasteiger partial charge on any atom is -0.456 e. The van der Waals surface area contributed by atoms with Gasteiger partial charge < -0.3 is 9.47 Å². The number of rotatable bonds is 9. The van der Waals surface area contributed by atoms with Crippen molar-refractivity contribution in [2.45, 2.75) is 52.6 Å². The predicted molar refractivity (Wildman–Crippen MR) is 85.6 cm³/mol. The van der Waals surface area contributed by atoms with Crippen molar-refractivity contribution in [1.82, 2.24) is 0 Å². The molecule has 0 spiro atoms. The van der Waals surface area contributed by atoms with E-state index in [2.05, 4.69) is 20.8 Å². The first-order valence-corrected chi connectivity index (χ1v) is 7.85. The van der Waals surface area contributed by atoms with E-state index in [1.54, 1.807) is 13.2 Å². The minimum atomic E-state index is -0.253. The number of carbonyl (C=O) groups excluding carboxylic acids is 1. The highest BCUT2D eigenvalue weighted by atomic mass is 16.6. The van der Waals surface area contributed by atoms with Gasteiger partial charge in [0.2, 0.25) is 0 Å². The predicted octanol–water partition coefficient (Wildman–Crippen LogP) is 4.25. The van der Waals surface area contributed by atoms with Crippen molar-refractivity contribution < 1.29 is 14.3 Å². The summed E-state index contributed by atoms with van der Waals surface area (Å²) in [5.41, 5.74) is 1.77. The van der Waals surface area contributed by atoms with Crippen LogP contribution in [0, 0.1) is 5.92 Å². The van der Waals surface area contributed by atoms with Crippen LogP contribution in [-0.2, 0) is 15.9 Å². The van der Waals surface area contributed by atoms with E-state index in [1.165, 1.54) is 0 Å². The highest BCUT2D eigenvalue weighted by molar-refractivity contribution is 5.89. The van der Waals surface area contributed by atoms with Crippen LogP contribution in [0.3, 0.4) is 0 Å². The normalized spacial score (nSPS) is 12.4. The fraction of sp³-hybridized carbons (Fsp3) is 0.611. The fourth-order valence-corrected chi connectivity index (χ4v) is 2.25. The fourth-order valence-electron chi connectivity index (χ4n) is 2.25. The van der Waals surface area contributed by atoms with Gasteiger partial charge in [-0.15, -0.1) is 0 Å². The maximum absolute atomic E-state index is 12.2. The van der Waals surface area contributed by atoms with Gasteiger partial charge in [0.25, 0.3) is 0 Å². The Morgan fingerprint density at radius 3 is 2.62 bits per heavy atom. The Morgan fingerprint density at radius 2 is 2.00 bits per heavy atom. The third kappa shape index (κ3) is 6.76. The van der Waals surface area contributed by atoms with Gasteiger partial charge in [-0.3, -0.25) is 0 Å². The Kier molecular flexibility index (Phi) is 8.06. The maximum Gasteiger partial charge on any atom is 0.338 e. The second-order valence-electron chi connectivity index (χ2n) is 5.86. The lowest BCUT2D eigenvalue weighted by Crippen LogP contribution is -2.23. The zero-order chi connectivity index (χ0) is 15.7. The lowest BCUT2D eigenvalue weighted by atomic mass is 10.0. The second kappa shape index (κ2) is 9.56. The molecule has 0 N–H and O–H groups in total. The molecule has 0 heterocycles. The molecular formula is C18H28O3. The highest BCUT2D eigenvalue weighted by Crippen LogP contribution is 2.14. The molecule has 0 fully saturated rings. The number of hydrogen-bond acceptors (Lipinski definition) is 3. The summed E-state index contributed by atoms with van der Waals surface area (Å²) in [4.78, 5) is 12.2. The summed E-state index contributed by atoms with van der Waals surface area (Å²) in [6.07, 6.45) is 3.80. The van der Waals surface area contributed by atoms with E-state index in [0.717, 1.165) is 31.2 Å². The van der Waals surface area contributed by atoms with E-state index in [0.29, 0.717) is 18.1 Å². The first-order valence-electron chi connectivity index (χ1n) is 7.85. The molecule has 0 aliphatic rings. The molecule has 0 saturated carbocycles. The molecule has 3 nitrogen and oxygen atoms in total. The van der Waals surface area contributed by atoms with E-state index in [1.807, 2.05) is 18.2 Å². The van der Waals surface area contributed by atoms with Crippen molar-refractivity contribution in [3.63, 3.8) is 0 Å². The van der Waals surface area contributed by atoms with E-state index in [9.17, 15) is 4.79 Å². The first-order chi connectivity index (χ1) is 10.1. The Labute approximate surface area is 128 Å². The van der Waals surface area contributed by atoms with Crippen molar-refractivity contribution in [2.75, 3.05) is 13.7 Å². The van der Waals surface area contributed by atoms with Gasteiger partial charge in [-0.05, 0) is 42.9 Å². The van der Waals surface area contributed by atoms with Gasteiger partial charge >= 0.3 is 5.97 Å². The highest BCUT2D eigenvalue weighted by Gasteiger charge is 2.16. The van der Waals surface area contributed by atoms with Crippen LogP contribution in [0.1, 0.15) is 56.0 Å². The van der Waals surface area contributed by atoms with E-state index in [4.69, 9.17) is 9.47 Å². The van der Waals surface area contributed by atoms with Crippen LogP contribution in [0.15, 0.2) is 24.3 Å². The monoisotopic (exact) mass is 292 g/mol. The average molecular weight is 292 g/mol. The van der Waals surface area contributed by atoms with Gasteiger partial charge in [0.1, 0.15) is 6.10 Å². The number of benzene rings is 1. The number of methoxy groups -OCH3 is 1. The van der Waals surface area contributed by atoms with Crippen LogP contribution in [0.4, 0.5) is 0 Å². The number of carbonyl (C=O) groups is 1. The van der Waals surface area contributed by atoms with Gasteiger partial charge in [-0.2, -0.15) is 0 Å². The molecule has 21 heavy (non-hydrogen) atoms. The molecule has 0 radical (unpaired) electrons. The third-order valence-electron chi connectivity index (χ3n) is 3.50. The van der Waals surface area contributed by atoms with E-state index >= 15 is 0 Å². The van der Waals surface area contributed by atoms with Crippen molar-refractivity contribution in [3.05, 3.63) is 35.4 Å². The molecule has 0 amide bonds. The van der Waals surface area contributed by atoms with Gasteiger partial charge in [0.05, 0.1) is 12.2 Å². The first kappa shape index (κ1) is 17.7. The SMILES string of the molecule is CCc1cccc(C(=O)OC(CCCC(C)C)COC)c1. The molecule has 0 saturated heterocycles. The zero-order valence-electron chi connectivity index (χ0n) is 13.7. The molecule has 3 heteroatoms. The summed E-state index contributed by atoms with van der Waals surface area (Å²) in [5, 5.41) is 0. The van der Waals surface area contributed by atoms with E-state index in [-0.39, 0.29) is 12.1 Å². The Hall–Kier alpha value is -1.35. The third-order valence-corrected chi connectivity index (χ3v) is 3.50. The Bertz CT molecular complexity index is 426. The molecule has 0 aliphatic carbocycles. The quantitative estimate of drug-likeness (QED) is 0.638. The summed E-state index contributed by atoms with van der Waals surface area (Å²) in [5.74, 6) is 0.419. The van der Waals surface area contributed by atoms with Gasteiger partial charge in [-0.25, -0.2) is 4.79 Å². The molecule has 1 unspecified atom stereocenters. The molecule has 0 bridgehead atoms. The average Bonchev–Trinajstić information content (AvgIpc) is 2.47. The molecule has 0 aromatic heterocycles. The zero-order valence-corrected chi connectivity index (χ0v) is 13.7. The van der Waals surface area contributed by atoms with Gasteiger partial charge in [-0.1, -0.05) is 39.3 Å². The standard InChI is InChI=1S/C18H28O3/c1-5-15-9-7-10-16(12-15)18(19)21-17(13-20-4)11-6-8-14(2)3/h7,9-10,12,14,17H,5-6,8,11,13H2,1-4H3. The number of ether oxygens (including phenoxy) is 2. The lowest BCUT2D eigenvalue weighted by molar-refractivity contribution is 0.00218. The largest absolute Gasteiger partial charge is 0.456 e. The number of aryl methyl sites for hydroxylation is 1. The molecule has 1 atom stereocenters. The topological polar surface area (TPSA) is 35.5 Å². The summed E-state index contributed by atoms with van der Waals surface area (Å²) < 4.78 is 10.8. The van der Waals surface area contributed by atoms with Gasteiger partial charge in [0.15, 0.2) is 0 Å². The maximum atomic E-state index is 12.2. The molecule has 1 rings (SSSR count). The molecular weight excluding hydrogens is 264 g/mol. The molecule has 1 aromatic rings. The van der Waals surface area contributed by atoms with Crippen LogP contribution in [0.2, 0.25) is 0 Å². The van der Waals surface area contributed by atoms with Crippen molar-refractivity contribution in [3.8, 4) is 0 Å². The van der Waals surface area contributed by atoms with Crippen molar-refractivity contribution in [1.29, 1.82) is 0 Å². The van der Waals surface area contributed by atoms with Crippen LogP contribution in [0.5, 0.6) is 0 Å². The summed E-state index contributed by atoms with van der Waals surface area (Å²) in [7, 11) is 1.64. The molecule has 118 valence electrons. The number of hydrogen-bond donors (Lipinski definition) is 0. The molecule has 0 aliphatic heterocycles. The second-order valence-corrected chi connectivity index (χ2v) is 5.86. The number of esters is 1. The van der Waals surface area contributed by atoms with E-state index < -0.39 is 0 Å². The van der Waals surface area contributed by atoms with Gasteiger partial charge in [0, 0.05) is 7.11 Å². The summed E-state index contributed by atoms with van der Waals surface area (Å²) >= 11 is 0. The van der Waals surface area contributed by atoms with Crippen LogP contribution in [-0.4, -0.2) is 25.8 Å². The minimum absolute atomic E-state index is 0.161. The summed E-state index contributed by atoms with van der Waals surface area (Å²) in [6.45, 7) is 6.93. The lowest BCUT2D eigenvalue weighted by Gasteiger charge is -2.18. The van der Waals surface area contributed by atoms with Crippen molar-refractivity contribution >= 4 is 5.97 Å².